The lowest BCUT2D eigenvalue weighted by Crippen LogP contribution is -2.00. The smallest absolute Gasteiger partial charge is 0.264 e. The molecule has 1 N–H and O–H groups in total. The molecule has 0 fully saturated rings. The summed E-state index contributed by atoms with van der Waals surface area (Å²) in [5.74, 6) is 2.10. The van der Waals surface area contributed by atoms with Crippen molar-refractivity contribution in [3.8, 4) is 11.5 Å². The summed E-state index contributed by atoms with van der Waals surface area (Å²) in [6.07, 6.45) is 0.710. The predicted octanol–water partition coefficient (Wildman–Crippen LogP) is 2.47. The van der Waals surface area contributed by atoms with Crippen molar-refractivity contribution in [1.29, 1.82) is 0 Å². The zero-order chi connectivity index (χ0) is 14.5. The summed E-state index contributed by atoms with van der Waals surface area (Å²) in [5.41, 5.74) is 0.729. The van der Waals surface area contributed by atoms with Crippen LogP contribution in [0.15, 0.2) is 21.1 Å². The average Bonchev–Trinajstić information content (AvgIpc) is 2.93. The van der Waals surface area contributed by atoms with E-state index in [1.54, 1.807) is 12.1 Å². The normalized spacial score (nSPS) is 10.6. The number of hydrogen-bond donors (Lipinski definition) is 1. The Labute approximate surface area is 124 Å². The highest BCUT2D eigenvalue weighted by Crippen LogP contribution is 2.37. The zero-order valence-electron chi connectivity index (χ0n) is 11.2. The molecule has 1 heterocycles. The van der Waals surface area contributed by atoms with Gasteiger partial charge in [-0.1, -0.05) is 12.1 Å². The molecule has 0 aliphatic rings. The van der Waals surface area contributed by atoms with Gasteiger partial charge in [-0.2, -0.15) is 4.98 Å². The first-order valence-corrected chi connectivity index (χ1v) is 6.88. The molecule has 0 unspecified atom stereocenters. The van der Waals surface area contributed by atoms with Crippen LogP contribution in [0.2, 0.25) is 0 Å². The summed E-state index contributed by atoms with van der Waals surface area (Å²) >= 11 is 3.39. The number of aromatic nitrogens is 2. The van der Waals surface area contributed by atoms with Crippen molar-refractivity contribution < 1.29 is 19.1 Å². The van der Waals surface area contributed by atoms with Crippen LogP contribution >= 0.6 is 15.9 Å². The molecule has 0 atom stereocenters. The molecule has 0 saturated heterocycles. The third kappa shape index (κ3) is 3.29. The van der Waals surface area contributed by atoms with Gasteiger partial charge in [-0.15, -0.1) is 0 Å². The van der Waals surface area contributed by atoms with E-state index in [1.165, 1.54) is 7.11 Å². The first-order chi connectivity index (χ1) is 9.67. The molecule has 1 aromatic carbocycles. The van der Waals surface area contributed by atoms with Gasteiger partial charge in [-0.3, -0.25) is 0 Å². The molecule has 1 aromatic heterocycles. The highest BCUT2D eigenvalue weighted by molar-refractivity contribution is 9.10. The van der Waals surface area contributed by atoms with Crippen LogP contribution in [-0.2, 0) is 19.6 Å². The number of aliphatic hydroxyl groups is 1. The van der Waals surface area contributed by atoms with Crippen molar-refractivity contribution in [2.24, 2.45) is 0 Å². The standard InChI is InChI=1S/C13H15BrN2O4/c1-3-11-15-12(20-16-11)7-19-13-9(14)4-8(6-17)5-10(13)18-2/h4-5,17H,3,6-7H2,1-2H3. The maximum absolute atomic E-state index is 9.16. The van der Waals surface area contributed by atoms with Crippen molar-refractivity contribution >= 4 is 15.9 Å². The lowest BCUT2D eigenvalue weighted by Gasteiger charge is -2.12. The second-order valence-corrected chi connectivity index (χ2v) is 4.87. The highest BCUT2D eigenvalue weighted by Gasteiger charge is 2.13. The molecule has 0 amide bonds. The molecule has 0 bridgehead atoms. The molecule has 0 saturated carbocycles. The molecule has 0 aliphatic heterocycles. The van der Waals surface area contributed by atoms with Crippen molar-refractivity contribution in [2.75, 3.05) is 7.11 Å². The number of ether oxygens (including phenoxy) is 2. The third-order valence-electron chi connectivity index (χ3n) is 2.64. The van der Waals surface area contributed by atoms with E-state index >= 15 is 0 Å². The molecular weight excluding hydrogens is 328 g/mol. The second kappa shape index (κ2) is 6.71. The molecule has 2 aromatic rings. The van der Waals surface area contributed by atoms with E-state index in [0.717, 1.165) is 5.56 Å². The Kier molecular flexibility index (Phi) is 4.97. The summed E-state index contributed by atoms with van der Waals surface area (Å²) < 4.78 is 16.6. The molecule has 2 rings (SSSR count). The first kappa shape index (κ1) is 14.8. The largest absolute Gasteiger partial charge is 0.493 e. The number of benzene rings is 1. The predicted molar refractivity (Wildman–Crippen MR) is 74.6 cm³/mol. The lowest BCUT2D eigenvalue weighted by atomic mass is 10.2. The van der Waals surface area contributed by atoms with Gasteiger partial charge in [-0.05, 0) is 33.6 Å². The van der Waals surface area contributed by atoms with E-state index in [9.17, 15) is 0 Å². The Morgan fingerprint density at radius 2 is 2.20 bits per heavy atom. The van der Waals surface area contributed by atoms with Crippen molar-refractivity contribution in [2.45, 2.75) is 26.6 Å². The molecule has 6 nitrogen and oxygen atoms in total. The van der Waals surface area contributed by atoms with Crippen LogP contribution in [0.25, 0.3) is 0 Å². The topological polar surface area (TPSA) is 77.6 Å². The van der Waals surface area contributed by atoms with Crippen LogP contribution in [-0.4, -0.2) is 22.4 Å². The molecule has 108 valence electrons. The van der Waals surface area contributed by atoms with E-state index in [1.807, 2.05) is 6.92 Å². The SMILES string of the molecule is CCc1noc(COc2c(Br)cc(CO)cc2OC)n1. The van der Waals surface area contributed by atoms with Crippen LogP contribution in [0.5, 0.6) is 11.5 Å². The molecule has 7 heteroatoms. The fraction of sp³-hybridized carbons (Fsp3) is 0.385. The van der Waals surface area contributed by atoms with Crippen LogP contribution in [0.4, 0.5) is 0 Å². The fourth-order valence-electron chi connectivity index (χ4n) is 1.63. The maximum Gasteiger partial charge on any atom is 0.264 e. The van der Waals surface area contributed by atoms with Crippen LogP contribution < -0.4 is 9.47 Å². The zero-order valence-corrected chi connectivity index (χ0v) is 12.8. The summed E-state index contributed by atoms with van der Waals surface area (Å²) in [4.78, 5) is 4.16. The van der Waals surface area contributed by atoms with E-state index in [0.29, 0.717) is 34.1 Å². The molecule has 0 spiro atoms. The number of hydrogen-bond acceptors (Lipinski definition) is 6. The Balaban J connectivity index is 2.16. The summed E-state index contributed by atoms with van der Waals surface area (Å²) in [5, 5.41) is 13.0. The summed E-state index contributed by atoms with van der Waals surface area (Å²) in [6.45, 7) is 2.03. The lowest BCUT2D eigenvalue weighted by molar-refractivity contribution is 0.231. The minimum atomic E-state index is -0.0707. The highest BCUT2D eigenvalue weighted by atomic mass is 79.9. The third-order valence-corrected chi connectivity index (χ3v) is 3.23. The molecule has 0 radical (unpaired) electrons. The Hall–Kier alpha value is -1.60. The van der Waals surface area contributed by atoms with E-state index < -0.39 is 0 Å². The summed E-state index contributed by atoms with van der Waals surface area (Å²) in [6, 6.07) is 3.48. The Morgan fingerprint density at radius 1 is 1.40 bits per heavy atom. The van der Waals surface area contributed by atoms with Crippen LogP contribution in [0.1, 0.15) is 24.2 Å². The van der Waals surface area contributed by atoms with Crippen LogP contribution in [0, 0.1) is 0 Å². The maximum atomic E-state index is 9.16. The van der Waals surface area contributed by atoms with E-state index in [2.05, 4.69) is 26.1 Å². The quantitative estimate of drug-likeness (QED) is 0.868. The number of halogens is 1. The number of aryl methyl sites for hydroxylation is 1. The van der Waals surface area contributed by atoms with Gasteiger partial charge in [0.2, 0.25) is 0 Å². The fourth-order valence-corrected chi connectivity index (χ4v) is 2.23. The Bertz CT molecular complexity index is 586. The van der Waals surface area contributed by atoms with Gasteiger partial charge in [-0.25, -0.2) is 0 Å². The second-order valence-electron chi connectivity index (χ2n) is 4.01. The van der Waals surface area contributed by atoms with Crippen molar-refractivity contribution in [3.05, 3.63) is 33.9 Å². The molecular formula is C13H15BrN2O4. The van der Waals surface area contributed by atoms with Gasteiger partial charge in [0.15, 0.2) is 23.9 Å². The monoisotopic (exact) mass is 342 g/mol. The number of aliphatic hydroxyl groups excluding tert-OH is 1. The summed E-state index contributed by atoms with van der Waals surface area (Å²) in [7, 11) is 1.54. The van der Waals surface area contributed by atoms with Gasteiger partial charge in [0.05, 0.1) is 18.2 Å². The number of rotatable bonds is 6. The van der Waals surface area contributed by atoms with Crippen molar-refractivity contribution in [3.63, 3.8) is 0 Å². The first-order valence-electron chi connectivity index (χ1n) is 6.09. The van der Waals surface area contributed by atoms with Crippen molar-refractivity contribution in [1.82, 2.24) is 10.1 Å². The molecule has 0 aliphatic carbocycles. The van der Waals surface area contributed by atoms with Gasteiger partial charge in [0.25, 0.3) is 5.89 Å². The van der Waals surface area contributed by atoms with Gasteiger partial charge >= 0.3 is 0 Å². The average molecular weight is 343 g/mol. The van der Waals surface area contributed by atoms with Crippen LogP contribution in [0.3, 0.4) is 0 Å². The molecule has 20 heavy (non-hydrogen) atoms. The van der Waals surface area contributed by atoms with E-state index in [4.69, 9.17) is 19.1 Å². The van der Waals surface area contributed by atoms with Gasteiger partial charge in [0.1, 0.15) is 0 Å². The minimum Gasteiger partial charge on any atom is -0.493 e. The number of methoxy groups -OCH3 is 1. The van der Waals surface area contributed by atoms with Gasteiger partial charge < -0.3 is 19.1 Å². The number of nitrogens with zero attached hydrogens (tertiary/aromatic N) is 2. The van der Waals surface area contributed by atoms with E-state index in [-0.39, 0.29) is 13.2 Å². The Morgan fingerprint density at radius 3 is 2.80 bits per heavy atom. The minimum absolute atomic E-state index is 0.0707. The van der Waals surface area contributed by atoms with Gasteiger partial charge in [0, 0.05) is 6.42 Å².